The van der Waals surface area contributed by atoms with E-state index in [1.807, 2.05) is 6.07 Å². The molecule has 11 nitrogen and oxygen atoms in total. The van der Waals surface area contributed by atoms with Gasteiger partial charge < -0.3 is 24.2 Å². The van der Waals surface area contributed by atoms with Gasteiger partial charge >= 0.3 is 0 Å². The first-order chi connectivity index (χ1) is 23.3. The van der Waals surface area contributed by atoms with E-state index in [0.717, 1.165) is 81.7 Å². The van der Waals surface area contributed by atoms with Gasteiger partial charge in [-0.25, -0.2) is 14.4 Å². The molecule has 3 aliphatic rings. The van der Waals surface area contributed by atoms with Crippen molar-refractivity contribution in [2.75, 3.05) is 63.6 Å². The van der Waals surface area contributed by atoms with Crippen molar-refractivity contribution in [2.45, 2.75) is 63.6 Å². The lowest BCUT2D eigenvalue weighted by atomic mass is 9.93. The summed E-state index contributed by atoms with van der Waals surface area (Å²) in [4.78, 5) is 34.7. The average molecular weight is 657 g/mol. The summed E-state index contributed by atoms with van der Waals surface area (Å²) in [6.07, 6.45) is 7.82. The molecule has 254 valence electrons. The number of halogens is 1. The van der Waals surface area contributed by atoms with Crippen molar-refractivity contribution in [3.63, 3.8) is 0 Å². The van der Waals surface area contributed by atoms with Crippen LogP contribution in [0.4, 0.5) is 16.0 Å². The third-order valence-electron chi connectivity index (χ3n) is 10.4. The fraction of sp³-hybridized carbons (Fsp3) is 0.500. The van der Waals surface area contributed by atoms with Crippen molar-refractivity contribution >= 4 is 28.6 Å². The maximum absolute atomic E-state index is 16.1. The van der Waals surface area contributed by atoms with E-state index in [-0.39, 0.29) is 23.4 Å². The third kappa shape index (κ3) is 6.48. The Balaban J connectivity index is 1.18. The number of hydrogen-bond acceptors (Lipinski definition) is 9. The minimum atomic E-state index is -0.755. The molecule has 2 N–H and O–H groups in total. The Morgan fingerprint density at radius 2 is 1.71 bits per heavy atom. The lowest BCUT2D eigenvalue weighted by molar-refractivity contribution is 0.0982. The number of aromatic nitrogens is 4. The molecule has 12 heteroatoms. The SMILES string of the molecule is COc1ccncc1-c1nc(C)cc(C(=O)Nc2nc3ccc(N4CCC(N5CCN(C)CC5)CC4)cc3n2C2CCC(O)CC2)c1F. The van der Waals surface area contributed by atoms with Crippen LogP contribution < -0.4 is 15.0 Å². The Morgan fingerprint density at radius 1 is 0.958 bits per heavy atom. The highest BCUT2D eigenvalue weighted by molar-refractivity contribution is 6.05. The van der Waals surface area contributed by atoms with Gasteiger partial charge in [0.1, 0.15) is 11.4 Å². The van der Waals surface area contributed by atoms with Gasteiger partial charge in [-0.05, 0) is 82.8 Å². The second kappa shape index (κ2) is 13.8. The molecule has 0 bridgehead atoms. The molecule has 0 atom stereocenters. The molecule has 1 aromatic carbocycles. The highest BCUT2D eigenvalue weighted by atomic mass is 19.1. The molecule has 48 heavy (non-hydrogen) atoms. The highest BCUT2D eigenvalue weighted by Crippen LogP contribution is 2.37. The smallest absolute Gasteiger partial charge is 0.261 e. The van der Waals surface area contributed by atoms with E-state index >= 15 is 4.39 Å². The van der Waals surface area contributed by atoms with Crippen LogP contribution in [0.1, 0.15) is 60.6 Å². The number of pyridine rings is 2. The van der Waals surface area contributed by atoms with Gasteiger partial charge in [0.05, 0.1) is 35.4 Å². The number of imidazole rings is 1. The van der Waals surface area contributed by atoms with Gasteiger partial charge in [0.2, 0.25) is 5.95 Å². The Kier molecular flexibility index (Phi) is 9.30. The normalized spacial score (nSPS) is 21.5. The number of amides is 1. The Bertz CT molecular complexity index is 1770. The summed E-state index contributed by atoms with van der Waals surface area (Å²) < 4.78 is 23.6. The van der Waals surface area contributed by atoms with Crippen LogP contribution in [0.5, 0.6) is 5.75 Å². The summed E-state index contributed by atoms with van der Waals surface area (Å²) in [5, 5.41) is 13.2. The zero-order chi connectivity index (χ0) is 33.4. The summed E-state index contributed by atoms with van der Waals surface area (Å²) >= 11 is 0. The second-order valence-electron chi connectivity index (χ2n) is 13.5. The number of benzene rings is 1. The van der Waals surface area contributed by atoms with Gasteiger partial charge in [-0.1, -0.05) is 0 Å². The molecule has 3 fully saturated rings. The summed E-state index contributed by atoms with van der Waals surface area (Å²) in [7, 11) is 3.69. The lowest BCUT2D eigenvalue weighted by Crippen LogP contribution is -2.52. The molecule has 0 unspecified atom stereocenters. The predicted octanol–water partition coefficient (Wildman–Crippen LogP) is 4.89. The van der Waals surface area contributed by atoms with Crippen LogP contribution in [0.25, 0.3) is 22.3 Å². The van der Waals surface area contributed by atoms with Gasteiger partial charge in [0, 0.05) is 75.1 Å². The van der Waals surface area contributed by atoms with E-state index in [4.69, 9.17) is 9.72 Å². The molecule has 2 saturated heterocycles. The van der Waals surface area contributed by atoms with Crippen molar-refractivity contribution in [3.05, 3.63) is 59.8 Å². The quantitative estimate of drug-likeness (QED) is 0.287. The number of piperazine rings is 1. The molecule has 5 heterocycles. The number of ether oxygens (including phenoxy) is 1. The van der Waals surface area contributed by atoms with Gasteiger partial charge in [-0.3, -0.25) is 20.0 Å². The summed E-state index contributed by atoms with van der Waals surface area (Å²) in [6.45, 7) is 8.23. The highest BCUT2D eigenvalue weighted by Gasteiger charge is 2.30. The summed E-state index contributed by atoms with van der Waals surface area (Å²) in [5.41, 5.74) is 3.55. The van der Waals surface area contributed by atoms with E-state index in [9.17, 15) is 9.90 Å². The van der Waals surface area contributed by atoms with Crippen molar-refractivity contribution in [3.8, 4) is 17.0 Å². The van der Waals surface area contributed by atoms with Crippen LogP contribution in [-0.2, 0) is 0 Å². The van der Waals surface area contributed by atoms with E-state index in [1.165, 1.54) is 19.4 Å². The largest absolute Gasteiger partial charge is 0.496 e. The van der Waals surface area contributed by atoms with E-state index in [1.54, 1.807) is 19.2 Å². The van der Waals surface area contributed by atoms with Gasteiger partial charge in [-0.2, -0.15) is 0 Å². The number of nitrogens with zero attached hydrogens (tertiary/aromatic N) is 7. The molecule has 0 spiro atoms. The summed E-state index contributed by atoms with van der Waals surface area (Å²) in [6, 6.07) is 10.1. The molecule has 1 amide bonds. The van der Waals surface area contributed by atoms with Crippen molar-refractivity contribution in [1.82, 2.24) is 29.3 Å². The molecule has 2 aliphatic heterocycles. The monoisotopic (exact) mass is 656 g/mol. The van der Waals surface area contributed by atoms with Gasteiger partial charge in [0.25, 0.3) is 5.91 Å². The number of nitrogens with one attached hydrogen (secondary N) is 1. The van der Waals surface area contributed by atoms with E-state index in [2.05, 4.69) is 53.7 Å². The molecule has 4 aromatic rings. The molecular formula is C36H45FN8O3. The number of methoxy groups -OCH3 is 1. The van der Waals surface area contributed by atoms with Gasteiger partial charge in [0.15, 0.2) is 5.82 Å². The predicted molar refractivity (Wildman–Crippen MR) is 184 cm³/mol. The maximum atomic E-state index is 16.1. The van der Waals surface area contributed by atoms with E-state index in [0.29, 0.717) is 41.8 Å². The Labute approximate surface area is 280 Å². The first kappa shape index (κ1) is 32.4. The summed E-state index contributed by atoms with van der Waals surface area (Å²) in [5.74, 6) is -0.582. The Hall–Kier alpha value is -4.13. The molecular weight excluding hydrogens is 611 g/mol. The topological polar surface area (TPSA) is 112 Å². The van der Waals surface area contributed by atoms with E-state index < -0.39 is 11.7 Å². The first-order valence-electron chi connectivity index (χ1n) is 17.1. The van der Waals surface area contributed by atoms with Crippen LogP contribution in [0.3, 0.4) is 0 Å². The zero-order valence-electron chi connectivity index (χ0n) is 28.0. The molecule has 1 aliphatic carbocycles. The number of carbonyl (C=O) groups excluding carboxylic acids is 1. The van der Waals surface area contributed by atoms with Crippen LogP contribution in [-0.4, -0.2) is 106 Å². The molecule has 0 radical (unpaired) electrons. The lowest BCUT2D eigenvalue weighted by Gasteiger charge is -2.42. The number of aliphatic hydroxyl groups is 1. The van der Waals surface area contributed by atoms with Crippen LogP contribution in [0.2, 0.25) is 0 Å². The van der Waals surface area contributed by atoms with Crippen molar-refractivity contribution in [2.24, 2.45) is 0 Å². The fourth-order valence-electron chi connectivity index (χ4n) is 7.64. The number of aliphatic hydroxyl groups excluding tert-OH is 1. The van der Waals surface area contributed by atoms with Crippen molar-refractivity contribution in [1.29, 1.82) is 0 Å². The number of piperidine rings is 1. The number of rotatable bonds is 7. The maximum Gasteiger partial charge on any atom is 0.261 e. The minimum absolute atomic E-state index is 0.000839. The molecule has 3 aromatic heterocycles. The Morgan fingerprint density at radius 3 is 2.44 bits per heavy atom. The van der Waals surface area contributed by atoms with Crippen molar-refractivity contribution < 1.29 is 19.0 Å². The van der Waals surface area contributed by atoms with Crippen LogP contribution in [0.15, 0.2) is 42.7 Å². The number of fused-ring (bicyclic) bond motifs is 1. The molecule has 7 rings (SSSR count). The average Bonchev–Trinajstić information content (AvgIpc) is 3.46. The number of aryl methyl sites for hydroxylation is 1. The number of anilines is 2. The zero-order valence-corrected chi connectivity index (χ0v) is 28.0. The van der Waals surface area contributed by atoms with Crippen LogP contribution >= 0.6 is 0 Å². The first-order valence-corrected chi connectivity index (χ1v) is 17.1. The number of carbonyl (C=O) groups is 1. The minimum Gasteiger partial charge on any atom is -0.496 e. The standard InChI is InChI=1S/C36H45FN8O3/c1-23-20-28(33(37)34(39-23)29-22-38-13-10-32(29)48-3)35(47)41-36-40-30-9-6-26(21-31(30)45(36)25-4-7-27(46)8-5-25)43-14-11-24(12-15-43)44-18-16-42(2)17-19-44/h6,9-10,13,20-22,24-25,27,46H,4-5,7-8,11-12,14-19H2,1-3H3,(H,40,41,47). The third-order valence-corrected chi connectivity index (χ3v) is 10.4. The second-order valence-corrected chi connectivity index (χ2v) is 13.5. The molecule has 1 saturated carbocycles. The number of likely N-dealkylation sites (N-methyl/N-ethyl adjacent to an activating group) is 1. The van der Waals surface area contributed by atoms with Gasteiger partial charge in [-0.15, -0.1) is 0 Å². The van der Waals surface area contributed by atoms with Crippen LogP contribution in [0, 0.1) is 12.7 Å². The number of hydrogen-bond donors (Lipinski definition) is 2. The fourth-order valence-corrected chi connectivity index (χ4v) is 7.64.